The highest BCUT2D eigenvalue weighted by Gasteiger charge is 2.24. The Balaban J connectivity index is 2.17. The average Bonchev–Trinajstić information content (AvgIpc) is 2.44. The number of hydrogen-bond acceptors (Lipinski definition) is 5. The summed E-state index contributed by atoms with van der Waals surface area (Å²) >= 11 is 12.4. The molecule has 1 aliphatic heterocycles. The summed E-state index contributed by atoms with van der Waals surface area (Å²) in [7, 11) is 1.78. The third kappa shape index (κ3) is 2.33. The van der Waals surface area contributed by atoms with Crippen molar-refractivity contribution in [2.45, 2.75) is 6.17 Å². The van der Waals surface area contributed by atoms with Gasteiger partial charge in [0.25, 0.3) is 0 Å². The van der Waals surface area contributed by atoms with Crippen LogP contribution in [0.4, 0.5) is 5.82 Å². The molecule has 1 aromatic heterocycles. The normalized spacial score (nSPS) is 17.4. The summed E-state index contributed by atoms with van der Waals surface area (Å²) in [4.78, 5) is 10.4. The van der Waals surface area contributed by atoms with Crippen LogP contribution in [0.3, 0.4) is 0 Å². The number of guanidine groups is 1. The lowest BCUT2D eigenvalue weighted by molar-refractivity contribution is 0.374. The number of benzene rings is 1. The van der Waals surface area contributed by atoms with E-state index in [0.29, 0.717) is 33.1 Å². The summed E-state index contributed by atoms with van der Waals surface area (Å²) in [6.45, 7) is 0. The number of nitrogens with two attached hydrogens (primary N) is 2. The van der Waals surface area contributed by atoms with E-state index in [9.17, 15) is 0 Å². The third-order valence-electron chi connectivity index (χ3n) is 3.44. The summed E-state index contributed by atoms with van der Waals surface area (Å²) < 4.78 is 0. The zero-order valence-corrected chi connectivity index (χ0v) is 12.7. The van der Waals surface area contributed by atoms with Crippen LogP contribution in [0.1, 0.15) is 11.7 Å². The van der Waals surface area contributed by atoms with Gasteiger partial charge in [-0.15, -0.1) is 0 Å². The summed E-state index contributed by atoms with van der Waals surface area (Å²) in [5.41, 5.74) is 14.0. The van der Waals surface area contributed by atoms with Crippen molar-refractivity contribution in [2.24, 2.45) is 16.5 Å². The van der Waals surface area contributed by atoms with Gasteiger partial charge in [0.1, 0.15) is 6.17 Å². The van der Waals surface area contributed by atoms with Crippen molar-refractivity contribution in [1.29, 1.82) is 0 Å². The van der Waals surface area contributed by atoms with Crippen molar-refractivity contribution < 1.29 is 0 Å². The van der Waals surface area contributed by atoms with Crippen molar-refractivity contribution >= 4 is 35.0 Å². The predicted molar refractivity (Wildman–Crippen MR) is 85.7 cm³/mol. The molecule has 1 unspecified atom stereocenters. The van der Waals surface area contributed by atoms with Crippen LogP contribution in [-0.4, -0.2) is 22.9 Å². The van der Waals surface area contributed by atoms with Crippen LogP contribution in [-0.2, 0) is 0 Å². The highest BCUT2D eigenvalue weighted by Crippen LogP contribution is 2.36. The van der Waals surface area contributed by atoms with Crippen molar-refractivity contribution in [3.05, 3.63) is 45.9 Å². The molecule has 0 amide bonds. The van der Waals surface area contributed by atoms with Crippen LogP contribution in [0.25, 0.3) is 11.3 Å². The van der Waals surface area contributed by atoms with Gasteiger partial charge in [-0.1, -0.05) is 29.3 Å². The molecular weight excluding hydrogens is 309 g/mol. The molecule has 7 heteroatoms. The first kappa shape index (κ1) is 14.1. The van der Waals surface area contributed by atoms with E-state index in [1.54, 1.807) is 30.1 Å². The molecule has 0 spiro atoms. The molecule has 1 aliphatic rings. The van der Waals surface area contributed by atoms with Crippen molar-refractivity contribution in [3.8, 4) is 11.3 Å². The van der Waals surface area contributed by atoms with Crippen LogP contribution in [0.5, 0.6) is 0 Å². The summed E-state index contributed by atoms with van der Waals surface area (Å²) in [6, 6.07) is 9.01. The Morgan fingerprint density at radius 3 is 2.48 bits per heavy atom. The van der Waals surface area contributed by atoms with Gasteiger partial charge in [-0.3, -0.25) is 0 Å². The van der Waals surface area contributed by atoms with Crippen molar-refractivity contribution in [3.63, 3.8) is 0 Å². The standard InChI is InChI=1S/C14H13Cl2N5/c1-21-12(17)7-5-6-10(19-13(7)20-14(21)18)11-8(15)3-2-4-9(11)16/h2-6,12H,17H2,1H3,(H2,18,19,20). The summed E-state index contributed by atoms with van der Waals surface area (Å²) in [5.74, 6) is 0.816. The average molecular weight is 322 g/mol. The van der Waals surface area contributed by atoms with Crippen LogP contribution in [0, 0.1) is 0 Å². The minimum Gasteiger partial charge on any atom is -0.369 e. The Morgan fingerprint density at radius 1 is 1.14 bits per heavy atom. The maximum absolute atomic E-state index is 6.21. The predicted octanol–water partition coefficient (Wildman–Crippen LogP) is 2.90. The second-order valence-electron chi connectivity index (χ2n) is 4.73. The van der Waals surface area contributed by atoms with Crippen LogP contribution in [0.15, 0.2) is 35.3 Å². The van der Waals surface area contributed by atoms with Crippen LogP contribution >= 0.6 is 23.2 Å². The molecule has 1 aromatic carbocycles. The lowest BCUT2D eigenvalue weighted by Crippen LogP contribution is -2.43. The maximum Gasteiger partial charge on any atom is 0.199 e. The quantitative estimate of drug-likeness (QED) is 0.846. The first-order valence-corrected chi connectivity index (χ1v) is 7.02. The largest absolute Gasteiger partial charge is 0.369 e. The molecule has 108 valence electrons. The Hall–Kier alpha value is -1.82. The van der Waals surface area contributed by atoms with Gasteiger partial charge >= 0.3 is 0 Å². The monoisotopic (exact) mass is 321 g/mol. The van der Waals surface area contributed by atoms with Crippen LogP contribution < -0.4 is 11.5 Å². The molecule has 0 aliphatic carbocycles. The maximum atomic E-state index is 6.21. The Kier molecular flexibility index (Phi) is 3.49. The zero-order valence-electron chi connectivity index (χ0n) is 11.2. The van der Waals surface area contributed by atoms with E-state index in [0.717, 1.165) is 5.56 Å². The number of fused-ring (bicyclic) bond motifs is 1. The first-order chi connectivity index (χ1) is 9.99. The number of pyridine rings is 1. The molecule has 3 rings (SSSR count). The van der Waals surface area contributed by atoms with Gasteiger partial charge in [0.2, 0.25) is 0 Å². The van der Waals surface area contributed by atoms with Crippen molar-refractivity contribution in [2.75, 3.05) is 7.05 Å². The number of nitrogens with zero attached hydrogens (tertiary/aromatic N) is 3. The second-order valence-corrected chi connectivity index (χ2v) is 5.55. The Morgan fingerprint density at radius 2 is 1.81 bits per heavy atom. The summed E-state index contributed by atoms with van der Waals surface area (Å²) in [5, 5.41) is 1.06. The van der Waals surface area contributed by atoms with Crippen molar-refractivity contribution in [1.82, 2.24) is 9.88 Å². The second kappa shape index (κ2) is 5.18. The van der Waals surface area contributed by atoms with Gasteiger partial charge in [0, 0.05) is 18.2 Å². The smallest absolute Gasteiger partial charge is 0.199 e. The third-order valence-corrected chi connectivity index (χ3v) is 4.07. The summed E-state index contributed by atoms with van der Waals surface area (Å²) in [6.07, 6.45) is -0.374. The molecule has 4 N–H and O–H groups in total. The fourth-order valence-electron chi connectivity index (χ4n) is 2.20. The molecule has 0 radical (unpaired) electrons. The highest BCUT2D eigenvalue weighted by molar-refractivity contribution is 6.39. The molecule has 1 atom stereocenters. The number of hydrogen-bond donors (Lipinski definition) is 2. The molecule has 0 bridgehead atoms. The van der Waals surface area contributed by atoms with E-state index >= 15 is 0 Å². The fraction of sp³-hybridized carbons (Fsp3) is 0.143. The number of halogens is 2. The molecule has 0 saturated carbocycles. The van der Waals surface area contributed by atoms with Gasteiger partial charge in [-0.05, 0) is 24.3 Å². The van der Waals surface area contributed by atoms with E-state index in [-0.39, 0.29) is 6.17 Å². The van der Waals surface area contributed by atoms with Gasteiger partial charge in [0.15, 0.2) is 11.8 Å². The lowest BCUT2D eigenvalue weighted by atomic mass is 10.1. The van der Waals surface area contributed by atoms with Gasteiger partial charge < -0.3 is 16.4 Å². The molecule has 2 aromatic rings. The van der Waals surface area contributed by atoms with E-state index in [2.05, 4.69) is 9.98 Å². The Labute approximate surface area is 132 Å². The molecule has 0 saturated heterocycles. The van der Waals surface area contributed by atoms with Gasteiger partial charge in [0.05, 0.1) is 15.7 Å². The van der Waals surface area contributed by atoms with E-state index in [4.69, 9.17) is 34.7 Å². The number of aromatic nitrogens is 1. The van der Waals surface area contributed by atoms with Gasteiger partial charge in [-0.2, -0.15) is 4.99 Å². The zero-order chi connectivity index (χ0) is 15.1. The SMILES string of the molecule is CN1C(N)=Nc2nc(-c3c(Cl)cccc3Cl)ccc2C1N. The minimum absolute atomic E-state index is 0.324. The molecule has 21 heavy (non-hydrogen) atoms. The lowest BCUT2D eigenvalue weighted by Gasteiger charge is -2.30. The molecule has 0 fully saturated rings. The van der Waals surface area contributed by atoms with E-state index in [1.165, 1.54) is 0 Å². The van der Waals surface area contributed by atoms with E-state index < -0.39 is 0 Å². The number of aliphatic imine (C=N–C) groups is 1. The highest BCUT2D eigenvalue weighted by atomic mass is 35.5. The minimum atomic E-state index is -0.374. The topological polar surface area (TPSA) is 80.5 Å². The van der Waals surface area contributed by atoms with Crippen LogP contribution in [0.2, 0.25) is 10.0 Å². The van der Waals surface area contributed by atoms with Gasteiger partial charge in [-0.25, -0.2) is 4.98 Å². The van der Waals surface area contributed by atoms with E-state index in [1.807, 2.05) is 12.1 Å². The molecule has 2 heterocycles. The Bertz CT molecular complexity index is 724. The molecule has 5 nitrogen and oxygen atoms in total. The fourth-order valence-corrected chi connectivity index (χ4v) is 2.79. The number of rotatable bonds is 1. The molecular formula is C14H13Cl2N5. The first-order valence-electron chi connectivity index (χ1n) is 6.27.